The molecule has 0 saturated carbocycles. The molecule has 0 rings (SSSR count). The van der Waals surface area contributed by atoms with E-state index in [1.807, 2.05) is 6.92 Å². The van der Waals surface area contributed by atoms with Gasteiger partial charge in [0.25, 0.3) is 0 Å². The first-order valence-electron chi connectivity index (χ1n) is 6.31. The molecule has 0 radical (unpaired) electrons. The minimum Gasteiger partial charge on any atom is -0.480 e. The standard InChI is InChI=1S/C12H25NO4S/c1-3-13-12(2,11(16)17)6-4-5-7-18-9-10(15)8-14/h10,13-15H,3-9H2,1-2H3,(H,16,17). The lowest BCUT2D eigenvalue weighted by molar-refractivity contribution is -0.144. The van der Waals surface area contributed by atoms with E-state index < -0.39 is 17.6 Å². The van der Waals surface area contributed by atoms with Gasteiger partial charge in [0, 0.05) is 5.75 Å². The lowest BCUT2D eigenvalue weighted by Gasteiger charge is -2.25. The van der Waals surface area contributed by atoms with Gasteiger partial charge in [-0.15, -0.1) is 0 Å². The molecule has 0 saturated heterocycles. The summed E-state index contributed by atoms with van der Waals surface area (Å²) in [7, 11) is 0. The SMILES string of the molecule is CCNC(C)(CCCCSCC(O)CO)C(=O)O. The van der Waals surface area contributed by atoms with Gasteiger partial charge in [-0.3, -0.25) is 4.79 Å². The molecule has 5 nitrogen and oxygen atoms in total. The highest BCUT2D eigenvalue weighted by molar-refractivity contribution is 7.99. The number of aliphatic carboxylic acids is 1. The number of unbranched alkanes of at least 4 members (excludes halogenated alkanes) is 1. The van der Waals surface area contributed by atoms with Gasteiger partial charge in [-0.2, -0.15) is 11.8 Å². The van der Waals surface area contributed by atoms with Crippen molar-refractivity contribution in [3.8, 4) is 0 Å². The lowest BCUT2D eigenvalue weighted by atomic mass is 9.95. The molecular weight excluding hydrogens is 254 g/mol. The van der Waals surface area contributed by atoms with E-state index in [2.05, 4.69) is 5.32 Å². The fourth-order valence-corrected chi connectivity index (χ4v) is 2.57. The number of carbonyl (C=O) groups is 1. The lowest BCUT2D eigenvalue weighted by Crippen LogP contribution is -2.49. The van der Waals surface area contributed by atoms with Gasteiger partial charge in [-0.05, 0) is 32.1 Å². The molecule has 0 bridgehead atoms. The van der Waals surface area contributed by atoms with Crippen LogP contribution in [0.3, 0.4) is 0 Å². The molecule has 0 aliphatic heterocycles. The summed E-state index contributed by atoms with van der Waals surface area (Å²) in [6.45, 7) is 4.04. The van der Waals surface area contributed by atoms with Crippen LogP contribution < -0.4 is 5.32 Å². The van der Waals surface area contributed by atoms with Gasteiger partial charge in [-0.1, -0.05) is 13.3 Å². The number of likely N-dealkylation sites (N-methyl/N-ethyl adjacent to an activating group) is 1. The Hall–Kier alpha value is -0.300. The molecule has 0 aromatic carbocycles. The van der Waals surface area contributed by atoms with Crippen LogP contribution in [0.5, 0.6) is 0 Å². The molecule has 2 unspecified atom stereocenters. The smallest absolute Gasteiger partial charge is 0.323 e. The molecule has 4 N–H and O–H groups in total. The number of nitrogens with one attached hydrogen (secondary N) is 1. The normalized spacial score (nSPS) is 16.2. The number of carboxylic acids is 1. The third kappa shape index (κ3) is 7.20. The van der Waals surface area contributed by atoms with E-state index in [1.54, 1.807) is 18.7 Å². The number of hydrogen-bond acceptors (Lipinski definition) is 5. The first-order chi connectivity index (χ1) is 8.46. The van der Waals surface area contributed by atoms with Gasteiger partial charge >= 0.3 is 5.97 Å². The molecule has 0 fully saturated rings. The Morgan fingerprint density at radius 1 is 1.44 bits per heavy atom. The number of thioether (sulfide) groups is 1. The summed E-state index contributed by atoms with van der Waals surface area (Å²) in [5.74, 6) is 0.589. The average Bonchev–Trinajstić information content (AvgIpc) is 2.33. The average molecular weight is 279 g/mol. The molecule has 0 aromatic heterocycles. The maximum absolute atomic E-state index is 11.1. The van der Waals surface area contributed by atoms with Crippen LogP contribution in [0.25, 0.3) is 0 Å². The number of hydrogen-bond donors (Lipinski definition) is 4. The van der Waals surface area contributed by atoms with Crippen LogP contribution >= 0.6 is 11.8 Å². The molecule has 0 aliphatic rings. The number of aliphatic hydroxyl groups is 2. The van der Waals surface area contributed by atoms with Crippen molar-refractivity contribution in [1.82, 2.24) is 5.32 Å². The van der Waals surface area contributed by atoms with E-state index in [0.717, 1.165) is 18.6 Å². The fourth-order valence-electron chi connectivity index (χ4n) is 1.62. The van der Waals surface area contributed by atoms with E-state index in [9.17, 15) is 4.79 Å². The zero-order valence-corrected chi connectivity index (χ0v) is 12.0. The van der Waals surface area contributed by atoms with E-state index in [-0.39, 0.29) is 6.61 Å². The minimum atomic E-state index is -0.843. The maximum Gasteiger partial charge on any atom is 0.323 e. The zero-order chi connectivity index (χ0) is 14.0. The summed E-state index contributed by atoms with van der Waals surface area (Å²) >= 11 is 1.58. The Morgan fingerprint density at radius 3 is 2.61 bits per heavy atom. The van der Waals surface area contributed by atoms with Crippen LogP contribution in [0, 0.1) is 0 Å². The zero-order valence-electron chi connectivity index (χ0n) is 11.2. The predicted molar refractivity (Wildman–Crippen MR) is 74.0 cm³/mol. The number of carboxylic acid groups (broad SMARTS) is 1. The highest BCUT2D eigenvalue weighted by Crippen LogP contribution is 2.16. The molecule has 108 valence electrons. The monoisotopic (exact) mass is 279 g/mol. The van der Waals surface area contributed by atoms with Gasteiger partial charge in [0.15, 0.2) is 0 Å². The molecule has 0 aromatic rings. The molecule has 0 heterocycles. The molecular formula is C12H25NO4S. The number of aliphatic hydroxyl groups excluding tert-OH is 2. The van der Waals surface area contributed by atoms with Crippen molar-refractivity contribution >= 4 is 17.7 Å². The largest absolute Gasteiger partial charge is 0.480 e. The summed E-state index contributed by atoms with van der Waals surface area (Å²) < 4.78 is 0. The second-order valence-corrected chi connectivity index (χ2v) is 5.69. The van der Waals surface area contributed by atoms with Crippen molar-refractivity contribution in [2.75, 3.05) is 24.7 Å². The van der Waals surface area contributed by atoms with Crippen molar-refractivity contribution in [2.24, 2.45) is 0 Å². The van der Waals surface area contributed by atoms with Gasteiger partial charge in [0.1, 0.15) is 5.54 Å². The Labute approximate surface area is 113 Å². The second kappa shape index (κ2) is 9.61. The third-order valence-corrected chi connectivity index (χ3v) is 3.97. The Balaban J connectivity index is 3.71. The predicted octanol–water partition coefficient (Wildman–Crippen LogP) is 0.696. The van der Waals surface area contributed by atoms with Crippen LogP contribution in [-0.4, -0.2) is 57.6 Å². The summed E-state index contributed by atoms with van der Waals surface area (Å²) in [5.41, 5.74) is -0.843. The summed E-state index contributed by atoms with van der Waals surface area (Å²) in [4.78, 5) is 11.1. The van der Waals surface area contributed by atoms with Gasteiger partial charge in [0.05, 0.1) is 12.7 Å². The van der Waals surface area contributed by atoms with Crippen LogP contribution in [0.1, 0.15) is 33.1 Å². The Bertz CT molecular complexity index is 240. The van der Waals surface area contributed by atoms with Crippen molar-refractivity contribution in [3.05, 3.63) is 0 Å². The van der Waals surface area contributed by atoms with Crippen molar-refractivity contribution in [3.63, 3.8) is 0 Å². The van der Waals surface area contributed by atoms with Crippen molar-refractivity contribution < 1.29 is 20.1 Å². The molecule has 6 heteroatoms. The minimum absolute atomic E-state index is 0.204. The maximum atomic E-state index is 11.1. The highest BCUT2D eigenvalue weighted by Gasteiger charge is 2.30. The molecule has 0 aliphatic carbocycles. The van der Waals surface area contributed by atoms with E-state index >= 15 is 0 Å². The quantitative estimate of drug-likeness (QED) is 0.416. The summed E-state index contributed by atoms with van der Waals surface area (Å²) in [6.07, 6.45) is 1.69. The fraction of sp³-hybridized carbons (Fsp3) is 0.917. The first kappa shape index (κ1) is 17.7. The molecule has 0 spiro atoms. The Kier molecular flexibility index (Phi) is 9.45. The number of rotatable bonds is 11. The second-order valence-electron chi connectivity index (χ2n) is 4.54. The van der Waals surface area contributed by atoms with E-state index in [4.69, 9.17) is 15.3 Å². The van der Waals surface area contributed by atoms with Crippen molar-refractivity contribution in [2.45, 2.75) is 44.8 Å². The third-order valence-electron chi connectivity index (χ3n) is 2.78. The summed E-state index contributed by atoms with van der Waals surface area (Å²) in [5, 5.41) is 29.9. The molecule has 2 atom stereocenters. The van der Waals surface area contributed by atoms with Gasteiger partial charge in [-0.25, -0.2) is 0 Å². The topological polar surface area (TPSA) is 89.8 Å². The van der Waals surface area contributed by atoms with Gasteiger partial charge in [0.2, 0.25) is 0 Å². The van der Waals surface area contributed by atoms with E-state index in [1.165, 1.54) is 0 Å². The first-order valence-corrected chi connectivity index (χ1v) is 7.46. The van der Waals surface area contributed by atoms with Crippen LogP contribution in [-0.2, 0) is 4.79 Å². The molecule has 0 amide bonds. The van der Waals surface area contributed by atoms with Crippen LogP contribution in [0.15, 0.2) is 0 Å². The van der Waals surface area contributed by atoms with Gasteiger partial charge < -0.3 is 20.6 Å². The Morgan fingerprint density at radius 2 is 2.11 bits per heavy atom. The summed E-state index contributed by atoms with van der Waals surface area (Å²) in [6, 6.07) is 0. The van der Waals surface area contributed by atoms with Crippen molar-refractivity contribution in [1.29, 1.82) is 0 Å². The molecule has 18 heavy (non-hydrogen) atoms. The van der Waals surface area contributed by atoms with Crippen LogP contribution in [0.4, 0.5) is 0 Å². The highest BCUT2D eigenvalue weighted by atomic mass is 32.2. The van der Waals surface area contributed by atoms with Crippen LogP contribution in [0.2, 0.25) is 0 Å². The van der Waals surface area contributed by atoms with E-state index in [0.29, 0.717) is 18.7 Å².